The first kappa shape index (κ1) is 18.7. The minimum absolute atomic E-state index is 0.161. The maximum Gasteiger partial charge on any atom is 0.508 e. The molecule has 1 heterocycles. The van der Waals surface area contributed by atoms with Gasteiger partial charge in [-0.1, -0.05) is 0 Å². The highest BCUT2D eigenvalue weighted by molar-refractivity contribution is 5.69. The Labute approximate surface area is 103 Å². The molecule has 1 saturated heterocycles. The molecule has 10 heteroatoms. The molecule has 18 heavy (non-hydrogen) atoms. The Kier molecular flexibility index (Phi) is 12.3. The molecular weight excluding hydrogens is 252 g/mol. The normalized spacial score (nSPS) is 16.7. The zero-order valence-corrected chi connectivity index (χ0v) is 9.56. The predicted molar refractivity (Wildman–Crippen MR) is 57.3 cm³/mol. The fourth-order valence-electron chi connectivity index (χ4n) is 0.513. The maximum absolute atomic E-state index is 10.1. The van der Waals surface area contributed by atoms with Crippen molar-refractivity contribution in [3.05, 3.63) is 0 Å². The van der Waals surface area contributed by atoms with Gasteiger partial charge in [-0.15, -0.1) is 0 Å². The van der Waals surface area contributed by atoms with Crippen LogP contribution in [0.3, 0.4) is 0 Å². The van der Waals surface area contributed by atoms with Crippen LogP contribution in [0.25, 0.3) is 0 Å². The predicted octanol–water partition coefficient (Wildman–Crippen LogP) is -3.13. The minimum atomic E-state index is -0.954. The number of carbonyl (C=O) groups is 2. The summed E-state index contributed by atoms with van der Waals surface area (Å²) in [6, 6.07) is -0.833. The van der Waals surface area contributed by atoms with Gasteiger partial charge < -0.3 is 41.4 Å². The molecular formula is C8H18N2O8. The summed E-state index contributed by atoms with van der Waals surface area (Å²) in [6.07, 6.45) is -2.09. The van der Waals surface area contributed by atoms with Gasteiger partial charge in [-0.2, -0.15) is 0 Å². The van der Waals surface area contributed by atoms with Crippen molar-refractivity contribution in [1.82, 2.24) is 0 Å². The monoisotopic (exact) mass is 270 g/mol. The molecule has 0 aromatic carbocycles. The highest BCUT2D eigenvalue weighted by Gasteiger charge is 2.23. The lowest BCUT2D eigenvalue weighted by Crippen LogP contribution is -2.18. The SMILES string of the molecule is NC(N)=O.O=C1OCC(CO)O1.OCC(O)CO. The average Bonchev–Trinajstić information content (AvgIpc) is 2.74. The Morgan fingerprint density at radius 1 is 1.33 bits per heavy atom. The number of aliphatic hydroxyl groups excluding tert-OH is 4. The summed E-state index contributed by atoms with van der Waals surface area (Å²) in [5, 5.41) is 32.3. The van der Waals surface area contributed by atoms with Crippen molar-refractivity contribution in [1.29, 1.82) is 0 Å². The van der Waals surface area contributed by atoms with Gasteiger partial charge in [0, 0.05) is 0 Å². The van der Waals surface area contributed by atoms with Gasteiger partial charge in [0.25, 0.3) is 0 Å². The number of rotatable bonds is 3. The van der Waals surface area contributed by atoms with Crippen LogP contribution < -0.4 is 11.5 Å². The zero-order valence-electron chi connectivity index (χ0n) is 9.56. The van der Waals surface area contributed by atoms with Crippen LogP contribution in [-0.2, 0) is 9.47 Å². The minimum Gasteiger partial charge on any atom is -0.430 e. The van der Waals surface area contributed by atoms with E-state index in [1.165, 1.54) is 0 Å². The van der Waals surface area contributed by atoms with E-state index in [0.29, 0.717) is 0 Å². The van der Waals surface area contributed by atoms with Crippen LogP contribution in [0, 0.1) is 0 Å². The summed E-state index contributed by atoms with van der Waals surface area (Å²) in [4.78, 5) is 19.1. The van der Waals surface area contributed by atoms with Gasteiger partial charge in [-0.3, -0.25) is 0 Å². The van der Waals surface area contributed by atoms with E-state index in [2.05, 4.69) is 20.9 Å². The number of urea groups is 1. The Balaban J connectivity index is 0. The molecule has 108 valence electrons. The number of primary amides is 2. The first-order valence-electron chi connectivity index (χ1n) is 4.76. The number of hydrogen-bond donors (Lipinski definition) is 6. The lowest BCUT2D eigenvalue weighted by atomic mass is 10.4. The lowest BCUT2D eigenvalue weighted by Gasteiger charge is -1.96. The second-order valence-electron chi connectivity index (χ2n) is 2.90. The highest BCUT2D eigenvalue weighted by Crippen LogP contribution is 2.03. The Bertz CT molecular complexity index is 229. The maximum atomic E-state index is 10.1. The summed E-state index contributed by atoms with van der Waals surface area (Å²) in [5.41, 5.74) is 8.50. The van der Waals surface area contributed by atoms with Crippen molar-refractivity contribution in [2.24, 2.45) is 11.5 Å². The van der Waals surface area contributed by atoms with E-state index in [4.69, 9.17) is 25.2 Å². The quantitative estimate of drug-likeness (QED) is 0.290. The van der Waals surface area contributed by atoms with E-state index in [9.17, 15) is 4.79 Å². The average molecular weight is 270 g/mol. The Morgan fingerprint density at radius 2 is 1.78 bits per heavy atom. The molecule has 0 saturated carbocycles. The molecule has 0 aromatic rings. The Hall–Kier alpha value is -1.62. The van der Waals surface area contributed by atoms with Crippen LogP contribution in [0.5, 0.6) is 0 Å². The smallest absolute Gasteiger partial charge is 0.430 e. The van der Waals surface area contributed by atoms with Gasteiger partial charge in [0.1, 0.15) is 12.7 Å². The second kappa shape index (κ2) is 11.9. The molecule has 0 aromatic heterocycles. The Morgan fingerprint density at radius 3 is 1.89 bits per heavy atom. The number of aliphatic hydroxyl groups is 4. The zero-order chi connectivity index (χ0) is 14.6. The van der Waals surface area contributed by atoms with Gasteiger partial charge >= 0.3 is 12.2 Å². The molecule has 1 rings (SSSR count). The highest BCUT2D eigenvalue weighted by atomic mass is 16.8. The molecule has 0 spiro atoms. The molecule has 1 aliphatic rings. The lowest BCUT2D eigenvalue weighted by molar-refractivity contribution is 0.0450. The van der Waals surface area contributed by atoms with Crippen LogP contribution >= 0.6 is 0 Å². The van der Waals surface area contributed by atoms with Crippen molar-refractivity contribution in [3.8, 4) is 0 Å². The summed E-state index contributed by atoms with van der Waals surface area (Å²) in [5.74, 6) is 0. The van der Waals surface area contributed by atoms with Gasteiger partial charge in [0.15, 0.2) is 6.10 Å². The number of ether oxygens (including phenoxy) is 2. The number of carbonyl (C=O) groups excluding carboxylic acids is 2. The van der Waals surface area contributed by atoms with Crippen molar-refractivity contribution < 1.29 is 39.5 Å². The summed E-state index contributed by atoms with van der Waals surface area (Å²) < 4.78 is 8.73. The van der Waals surface area contributed by atoms with E-state index in [1.807, 2.05) is 0 Å². The van der Waals surface area contributed by atoms with Gasteiger partial charge in [-0.25, -0.2) is 9.59 Å². The molecule has 2 amide bonds. The van der Waals surface area contributed by atoms with Crippen molar-refractivity contribution in [3.63, 3.8) is 0 Å². The molecule has 1 unspecified atom stereocenters. The fourth-order valence-corrected chi connectivity index (χ4v) is 0.513. The van der Waals surface area contributed by atoms with Crippen LogP contribution in [0.1, 0.15) is 0 Å². The summed E-state index contributed by atoms with van der Waals surface area (Å²) in [7, 11) is 0. The molecule has 10 nitrogen and oxygen atoms in total. The van der Waals surface area contributed by atoms with Crippen molar-refractivity contribution in [2.45, 2.75) is 12.2 Å². The summed E-state index contributed by atoms with van der Waals surface area (Å²) >= 11 is 0. The molecule has 8 N–H and O–H groups in total. The largest absolute Gasteiger partial charge is 0.508 e. The van der Waals surface area contributed by atoms with Crippen LogP contribution in [0.4, 0.5) is 9.59 Å². The molecule has 1 atom stereocenters. The molecule has 1 fully saturated rings. The van der Waals surface area contributed by atoms with E-state index >= 15 is 0 Å². The topological polar surface area (TPSA) is 186 Å². The third-order valence-corrected chi connectivity index (χ3v) is 1.28. The van der Waals surface area contributed by atoms with Gasteiger partial charge in [0.2, 0.25) is 0 Å². The van der Waals surface area contributed by atoms with Crippen molar-refractivity contribution >= 4 is 12.2 Å². The molecule has 0 radical (unpaired) electrons. The molecule has 1 aliphatic heterocycles. The first-order chi connectivity index (χ1) is 8.37. The van der Waals surface area contributed by atoms with Gasteiger partial charge in [0.05, 0.1) is 19.8 Å². The van der Waals surface area contributed by atoms with E-state index in [0.717, 1.165) is 0 Å². The van der Waals surface area contributed by atoms with Gasteiger partial charge in [-0.05, 0) is 0 Å². The molecule has 0 bridgehead atoms. The first-order valence-corrected chi connectivity index (χ1v) is 4.76. The van der Waals surface area contributed by atoms with E-state index < -0.39 is 24.4 Å². The number of amides is 2. The van der Waals surface area contributed by atoms with E-state index in [1.54, 1.807) is 0 Å². The molecule has 0 aliphatic carbocycles. The number of hydrogen-bond acceptors (Lipinski definition) is 8. The van der Waals surface area contributed by atoms with Crippen LogP contribution in [0.15, 0.2) is 0 Å². The standard InChI is InChI=1S/C4H6O4.C3H8O3.CH4N2O/c5-1-3-2-7-4(6)8-3;4-1-3(6)2-5;2-1(3)4/h3,5H,1-2H2;3-6H,1-2H2;(H4,2,3,4). The second-order valence-corrected chi connectivity index (χ2v) is 2.90. The van der Waals surface area contributed by atoms with Crippen molar-refractivity contribution in [2.75, 3.05) is 26.4 Å². The number of nitrogens with two attached hydrogens (primary N) is 2. The van der Waals surface area contributed by atoms with Crippen LogP contribution in [-0.4, -0.2) is 71.2 Å². The number of cyclic esters (lactones) is 2. The fraction of sp³-hybridized carbons (Fsp3) is 0.750. The third kappa shape index (κ3) is 14.4. The third-order valence-electron chi connectivity index (χ3n) is 1.28. The van der Waals surface area contributed by atoms with Crippen LogP contribution in [0.2, 0.25) is 0 Å². The summed E-state index contributed by atoms with van der Waals surface area (Å²) in [6.45, 7) is -0.714. The van der Waals surface area contributed by atoms with E-state index in [-0.39, 0.29) is 26.4 Å².